The molecule has 342 valence electrons. The molecule has 1 aliphatic rings. The summed E-state index contributed by atoms with van der Waals surface area (Å²) in [6.07, 6.45) is 11.0. The van der Waals surface area contributed by atoms with E-state index in [4.69, 9.17) is 0 Å². The van der Waals surface area contributed by atoms with Gasteiger partial charge >= 0.3 is 5.97 Å². The number of aliphatic carboxylic acids is 1. The van der Waals surface area contributed by atoms with Crippen LogP contribution in [0.5, 0.6) is 11.5 Å². The van der Waals surface area contributed by atoms with Crippen LogP contribution >= 0.6 is 0 Å². The molecule has 17 heteroatoms. The number of carbonyl (C=O) groups excluding carboxylic acids is 6. The lowest BCUT2D eigenvalue weighted by molar-refractivity contribution is -0.143. The van der Waals surface area contributed by atoms with Crippen LogP contribution in [0.1, 0.15) is 115 Å². The molecule has 4 bridgehead atoms. The Bertz CT molecular complexity index is 1890. The summed E-state index contributed by atoms with van der Waals surface area (Å²) < 4.78 is 0. The maximum atomic E-state index is 13.9. The number of phenols is 2. The third-order valence-corrected chi connectivity index (χ3v) is 11.6. The minimum absolute atomic E-state index is 0.0665. The van der Waals surface area contributed by atoms with Crippen LogP contribution in [-0.2, 0) is 40.0 Å². The van der Waals surface area contributed by atoms with Gasteiger partial charge in [0, 0.05) is 38.1 Å². The summed E-state index contributed by atoms with van der Waals surface area (Å²) in [4.78, 5) is 93.9. The Balaban J connectivity index is 1.63. The van der Waals surface area contributed by atoms with E-state index < -0.39 is 78.9 Å². The van der Waals surface area contributed by atoms with Gasteiger partial charge in [-0.3, -0.25) is 28.8 Å². The summed E-state index contributed by atoms with van der Waals surface area (Å²) in [5.74, 6) is -5.46. The van der Waals surface area contributed by atoms with E-state index in [0.717, 1.165) is 41.4 Å². The second-order valence-corrected chi connectivity index (χ2v) is 16.4. The van der Waals surface area contributed by atoms with Gasteiger partial charge in [-0.2, -0.15) is 0 Å². The minimum atomic E-state index is -1.47. The molecule has 0 aromatic heterocycles. The Morgan fingerprint density at radius 3 is 2.02 bits per heavy atom. The fourth-order valence-corrected chi connectivity index (χ4v) is 7.23. The van der Waals surface area contributed by atoms with Crippen molar-refractivity contribution in [3.8, 4) is 22.6 Å². The summed E-state index contributed by atoms with van der Waals surface area (Å²) in [5, 5.41) is 51.3. The normalized spacial score (nSPS) is 17.9. The second kappa shape index (κ2) is 24.7. The molecular formula is C45H66N6O11. The van der Waals surface area contributed by atoms with Crippen molar-refractivity contribution in [3.63, 3.8) is 0 Å². The molecule has 6 atom stereocenters. The highest BCUT2D eigenvalue weighted by atomic mass is 16.4. The quantitative estimate of drug-likeness (QED) is 0.0846. The van der Waals surface area contributed by atoms with Crippen LogP contribution in [0.2, 0.25) is 0 Å². The van der Waals surface area contributed by atoms with Crippen molar-refractivity contribution >= 4 is 41.4 Å². The number of nitrogens with zero attached hydrogens (tertiary/aromatic N) is 2. The molecule has 0 radical (unpaired) electrons. The first-order valence-electron chi connectivity index (χ1n) is 21.6. The molecule has 2 aromatic carbocycles. The topological polar surface area (TPSA) is 255 Å². The number of amides is 6. The Morgan fingerprint density at radius 2 is 1.40 bits per heavy atom. The number of aromatic hydroxyl groups is 2. The molecule has 3 rings (SSSR count). The molecule has 1 heterocycles. The van der Waals surface area contributed by atoms with Crippen molar-refractivity contribution in [2.24, 2.45) is 5.92 Å². The zero-order valence-corrected chi connectivity index (χ0v) is 36.9. The molecule has 17 nitrogen and oxygen atoms in total. The third-order valence-electron chi connectivity index (χ3n) is 11.6. The number of unbranched alkanes of at least 4 members (excludes halogenated alkanes) is 7. The predicted octanol–water partition coefficient (Wildman–Crippen LogP) is 3.28. The molecule has 0 aliphatic carbocycles. The van der Waals surface area contributed by atoms with Crippen LogP contribution in [0.15, 0.2) is 36.4 Å². The van der Waals surface area contributed by atoms with Crippen molar-refractivity contribution in [2.75, 3.05) is 27.2 Å². The largest absolute Gasteiger partial charge is 0.507 e. The predicted molar refractivity (Wildman–Crippen MR) is 231 cm³/mol. The van der Waals surface area contributed by atoms with Gasteiger partial charge in [0.1, 0.15) is 41.7 Å². The monoisotopic (exact) mass is 866 g/mol. The first kappa shape index (κ1) is 50.6. The number of carbonyl (C=O) groups is 7. The van der Waals surface area contributed by atoms with E-state index >= 15 is 0 Å². The third kappa shape index (κ3) is 14.7. The molecule has 2 aromatic rings. The first-order chi connectivity index (χ1) is 29.4. The maximum absolute atomic E-state index is 13.9. The molecule has 0 fully saturated rings. The van der Waals surface area contributed by atoms with Gasteiger partial charge in [-0.05, 0) is 61.6 Å². The van der Waals surface area contributed by atoms with E-state index in [-0.39, 0.29) is 46.9 Å². The highest BCUT2D eigenvalue weighted by Gasteiger charge is 2.34. The van der Waals surface area contributed by atoms with E-state index in [1.807, 2.05) is 0 Å². The molecule has 62 heavy (non-hydrogen) atoms. The number of benzene rings is 2. The fraction of sp³-hybridized carbons (Fsp3) is 0.578. The number of phenolic OH excluding ortho intramolecular Hbond substituents is 2. The van der Waals surface area contributed by atoms with Gasteiger partial charge in [0.25, 0.3) is 0 Å². The van der Waals surface area contributed by atoms with E-state index in [0.29, 0.717) is 12.0 Å². The Labute approximate surface area is 364 Å². The number of aliphatic hydroxyl groups is 1. The first-order valence-corrected chi connectivity index (χ1v) is 21.6. The number of fused-ring (bicyclic) bond motifs is 5. The summed E-state index contributed by atoms with van der Waals surface area (Å²) in [6.45, 7) is 5.87. The van der Waals surface area contributed by atoms with Gasteiger partial charge < -0.3 is 51.5 Å². The second-order valence-electron chi connectivity index (χ2n) is 16.4. The SMILES string of the molecule is CCC(C)CCCCCCCCCCC(=O)N(C)[C@H](CO)C(=O)N[C@@H](C)C(=O)NCC(=O)N(C)C1C(=O)N[C@@H](C)C(=O)N[C@H](C(=O)O)Cc2ccc(O)c(c2)-c2cc1ccc2O. The lowest BCUT2D eigenvalue weighted by atomic mass is 9.94. The van der Waals surface area contributed by atoms with E-state index in [1.165, 1.54) is 96.4 Å². The highest BCUT2D eigenvalue weighted by Crippen LogP contribution is 2.38. The molecule has 2 unspecified atom stereocenters. The van der Waals surface area contributed by atoms with Crippen molar-refractivity contribution in [3.05, 3.63) is 47.5 Å². The van der Waals surface area contributed by atoms with Gasteiger partial charge in [0.15, 0.2) is 0 Å². The lowest BCUT2D eigenvalue weighted by Crippen LogP contribution is -2.55. The van der Waals surface area contributed by atoms with E-state index in [1.54, 1.807) is 0 Å². The number of hydrogen-bond donors (Lipinski definition) is 8. The van der Waals surface area contributed by atoms with Gasteiger partial charge in [0.2, 0.25) is 35.4 Å². The summed E-state index contributed by atoms with van der Waals surface area (Å²) in [5.41, 5.74) is 0.725. The number of carboxylic acids is 1. The Kier molecular flexibility index (Phi) is 20.1. The summed E-state index contributed by atoms with van der Waals surface area (Å²) in [6, 6.07) is 1.63. The van der Waals surface area contributed by atoms with Gasteiger partial charge in [-0.1, -0.05) is 83.8 Å². The Hall–Kier alpha value is -5.71. The van der Waals surface area contributed by atoms with Crippen LogP contribution in [0.25, 0.3) is 11.1 Å². The van der Waals surface area contributed by atoms with Gasteiger partial charge in [0.05, 0.1) is 13.2 Å². The van der Waals surface area contributed by atoms with Crippen LogP contribution in [0, 0.1) is 5.92 Å². The molecular weight excluding hydrogens is 801 g/mol. The number of rotatable bonds is 21. The minimum Gasteiger partial charge on any atom is -0.507 e. The Morgan fingerprint density at radius 1 is 0.806 bits per heavy atom. The van der Waals surface area contributed by atoms with Crippen molar-refractivity contribution < 1.29 is 54.0 Å². The molecule has 0 saturated heterocycles. The van der Waals surface area contributed by atoms with Gasteiger partial charge in [-0.15, -0.1) is 0 Å². The molecule has 1 aliphatic heterocycles. The standard InChI is InChI=1S/C45H66N6O11/c1-7-27(2)16-14-12-10-8-9-11-13-15-17-38(55)50(5)35(26-52)43(59)47-28(3)41(57)46-25-39(56)51(6)40-31-19-21-37(54)33(24-31)32-22-30(18-20-36(32)53)23-34(45(61)62)49-42(58)29(4)48-44(40)60/h18-22,24,27-29,34-35,40,52-54H,7-17,23,25-26H2,1-6H3,(H,46,57)(H,47,59)(H,48,60)(H,49,58)(H,61,62)/t27?,28-,29-,34-,35+,40?/m0/s1. The maximum Gasteiger partial charge on any atom is 0.326 e. The van der Waals surface area contributed by atoms with Crippen LogP contribution in [-0.4, -0.2) is 123 Å². The zero-order chi connectivity index (χ0) is 46.1. The number of carboxylic acid groups (broad SMARTS) is 1. The zero-order valence-electron chi connectivity index (χ0n) is 36.9. The molecule has 0 spiro atoms. The van der Waals surface area contributed by atoms with E-state index in [2.05, 4.69) is 35.1 Å². The van der Waals surface area contributed by atoms with Crippen LogP contribution in [0.4, 0.5) is 0 Å². The molecule has 8 N–H and O–H groups in total. The number of nitrogens with one attached hydrogen (secondary N) is 4. The number of hydrogen-bond acceptors (Lipinski definition) is 10. The van der Waals surface area contributed by atoms with Crippen molar-refractivity contribution in [1.29, 1.82) is 0 Å². The van der Waals surface area contributed by atoms with Gasteiger partial charge in [-0.25, -0.2) is 4.79 Å². The van der Waals surface area contributed by atoms with Crippen LogP contribution < -0.4 is 21.3 Å². The molecule has 0 saturated carbocycles. The average Bonchev–Trinajstić information content (AvgIpc) is 3.23. The summed E-state index contributed by atoms with van der Waals surface area (Å²) >= 11 is 0. The highest BCUT2D eigenvalue weighted by molar-refractivity contribution is 5.96. The fourth-order valence-electron chi connectivity index (χ4n) is 7.23. The lowest BCUT2D eigenvalue weighted by Gasteiger charge is -2.30. The smallest absolute Gasteiger partial charge is 0.326 e. The van der Waals surface area contributed by atoms with Crippen LogP contribution in [0.3, 0.4) is 0 Å². The number of likely N-dealkylation sites (N-methyl/N-ethyl adjacent to an activating group) is 2. The average molecular weight is 867 g/mol. The van der Waals surface area contributed by atoms with Crippen molar-refractivity contribution in [2.45, 2.75) is 135 Å². The van der Waals surface area contributed by atoms with E-state index in [9.17, 15) is 54.0 Å². The number of aliphatic hydroxyl groups excluding tert-OH is 1. The van der Waals surface area contributed by atoms with Crippen molar-refractivity contribution in [1.82, 2.24) is 31.1 Å². The molecule has 6 amide bonds. The summed E-state index contributed by atoms with van der Waals surface area (Å²) in [7, 11) is 2.69.